The lowest BCUT2D eigenvalue weighted by molar-refractivity contribution is -0.129. The van der Waals surface area contributed by atoms with Crippen LogP contribution in [-0.2, 0) is 22.4 Å². The van der Waals surface area contributed by atoms with Gasteiger partial charge in [-0.2, -0.15) is 0 Å². The summed E-state index contributed by atoms with van der Waals surface area (Å²) in [4.78, 5) is 23.7. The van der Waals surface area contributed by atoms with E-state index in [9.17, 15) is 9.59 Å². The molecule has 0 radical (unpaired) electrons. The summed E-state index contributed by atoms with van der Waals surface area (Å²) >= 11 is 0. The maximum atomic E-state index is 11.9. The summed E-state index contributed by atoms with van der Waals surface area (Å²) in [6.45, 7) is 3.96. The summed E-state index contributed by atoms with van der Waals surface area (Å²) in [5.74, 6) is -0.0559. The van der Waals surface area contributed by atoms with Crippen molar-refractivity contribution in [2.75, 3.05) is 6.61 Å². The first-order valence-corrected chi connectivity index (χ1v) is 8.92. The van der Waals surface area contributed by atoms with Crippen LogP contribution in [0.1, 0.15) is 36.5 Å². The van der Waals surface area contributed by atoms with Crippen LogP contribution in [0.2, 0.25) is 0 Å². The molecule has 0 unspecified atom stereocenters. The molecule has 0 saturated carbocycles. The summed E-state index contributed by atoms with van der Waals surface area (Å²) < 4.78 is 5.38. The molecule has 0 bridgehead atoms. The molecule has 5 nitrogen and oxygen atoms in total. The van der Waals surface area contributed by atoms with Crippen LogP contribution in [0.15, 0.2) is 48.5 Å². The molecule has 138 valence electrons. The first kappa shape index (κ1) is 19.5. The molecule has 0 atom stereocenters. The highest BCUT2D eigenvalue weighted by Gasteiger charge is 2.07. The molecule has 0 aliphatic heterocycles. The maximum absolute atomic E-state index is 11.9. The summed E-state index contributed by atoms with van der Waals surface area (Å²) in [5, 5.41) is 0. The number of unbranched alkanes of at least 4 members (excludes halogenated alkanes) is 1. The molecule has 2 rings (SSSR count). The smallest absolute Gasteiger partial charge is 0.276 e. The third-order valence-electron chi connectivity index (χ3n) is 3.91. The van der Waals surface area contributed by atoms with E-state index in [4.69, 9.17) is 4.74 Å². The predicted octanol–water partition coefficient (Wildman–Crippen LogP) is 3.11. The van der Waals surface area contributed by atoms with Crippen LogP contribution < -0.4 is 15.6 Å². The topological polar surface area (TPSA) is 67.4 Å². The van der Waals surface area contributed by atoms with Gasteiger partial charge < -0.3 is 4.74 Å². The zero-order chi connectivity index (χ0) is 18.8. The van der Waals surface area contributed by atoms with Crippen LogP contribution in [0, 0.1) is 6.92 Å². The Morgan fingerprint density at radius 2 is 1.65 bits per heavy atom. The first-order valence-electron chi connectivity index (χ1n) is 8.92. The minimum Gasteiger partial charge on any atom is -0.484 e. The first-order chi connectivity index (χ1) is 12.6. The third kappa shape index (κ3) is 6.97. The van der Waals surface area contributed by atoms with Gasteiger partial charge in [0.05, 0.1) is 6.42 Å². The maximum Gasteiger partial charge on any atom is 0.276 e. The van der Waals surface area contributed by atoms with E-state index in [1.807, 2.05) is 49.4 Å². The van der Waals surface area contributed by atoms with Gasteiger partial charge in [0.2, 0.25) is 5.91 Å². The van der Waals surface area contributed by atoms with E-state index in [2.05, 4.69) is 17.8 Å². The van der Waals surface area contributed by atoms with E-state index in [1.54, 1.807) is 6.07 Å². The van der Waals surface area contributed by atoms with E-state index < -0.39 is 5.91 Å². The van der Waals surface area contributed by atoms with Gasteiger partial charge >= 0.3 is 0 Å². The van der Waals surface area contributed by atoms with Crippen molar-refractivity contribution in [1.82, 2.24) is 10.9 Å². The van der Waals surface area contributed by atoms with Crippen molar-refractivity contribution in [2.45, 2.75) is 39.5 Å². The number of carbonyl (C=O) groups excluding carboxylic acids is 2. The average molecular weight is 354 g/mol. The van der Waals surface area contributed by atoms with E-state index in [0.29, 0.717) is 5.75 Å². The lowest BCUT2D eigenvalue weighted by Gasteiger charge is -2.09. The standard InChI is InChI=1S/C21H26N2O3/c1-3-4-7-17-9-11-18(12-10-17)14-20(24)22-23-21(25)15-26-19-8-5-6-16(2)13-19/h5-6,8-13H,3-4,7,14-15H2,1-2H3,(H,22,24)(H,23,25). The largest absolute Gasteiger partial charge is 0.484 e. The highest BCUT2D eigenvalue weighted by Crippen LogP contribution is 2.12. The third-order valence-corrected chi connectivity index (χ3v) is 3.91. The number of carbonyl (C=O) groups is 2. The molecule has 5 heteroatoms. The quantitative estimate of drug-likeness (QED) is 0.716. The van der Waals surface area contributed by atoms with Crippen molar-refractivity contribution in [3.05, 3.63) is 65.2 Å². The molecular formula is C21H26N2O3. The molecule has 0 fully saturated rings. The fourth-order valence-electron chi connectivity index (χ4n) is 2.46. The fraction of sp³-hybridized carbons (Fsp3) is 0.333. The molecule has 2 N–H and O–H groups in total. The van der Waals surface area contributed by atoms with Gasteiger partial charge in [0, 0.05) is 0 Å². The van der Waals surface area contributed by atoms with Crippen molar-refractivity contribution in [3.63, 3.8) is 0 Å². The van der Waals surface area contributed by atoms with Gasteiger partial charge in [-0.05, 0) is 48.6 Å². The normalized spacial score (nSPS) is 10.2. The molecule has 0 aliphatic carbocycles. The van der Waals surface area contributed by atoms with Gasteiger partial charge in [-0.25, -0.2) is 0 Å². The Morgan fingerprint density at radius 1 is 0.962 bits per heavy atom. The van der Waals surface area contributed by atoms with Gasteiger partial charge in [-0.3, -0.25) is 20.4 Å². The molecule has 0 aromatic heterocycles. The van der Waals surface area contributed by atoms with Gasteiger partial charge in [0.25, 0.3) is 5.91 Å². The number of rotatable bonds is 8. The number of hydrazine groups is 1. The zero-order valence-corrected chi connectivity index (χ0v) is 15.4. The summed E-state index contributed by atoms with van der Waals surface area (Å²) in [6.07, 6.45) is 3.60. The Bertz CT molecular complexity index is 726. The Morgan fingerprint density at radius 3 is 2.35 bits per heavy atom. The van der Waals surface area contributed by atoms with Crippen LogP contribution in [0.5, 0.6) is 5.75 Å². The SMILES string of the molecule is CCCCc1ccc(CC(=O)NNC(=O)COc2cccc(C)c2)cc1. The van der Waals surface area contributed by atoms with Gasteiger partial charge in [0.15, 0.2) is 6.61 Å². The number of hydrogen-bond acceptors (Lipinski definition) is 3. The van der Waals surface area contributed by atoms with Crippen LogP contribution in [0.25, 0.3) is 0 Å². The summed E-state index contributed by atoms with van der Waals surface area (Å²) in [6, 6.07) is 15.4. The molecule has 2 aromatic rings. The monoisotopic (exact) mass is 354 g/mol. The lowest BCUT2D eigenvalue weighted by Crippen LogP contribution is -2.44. The van der Waals surface area contributed by atoms with Crippen LogP contribution in [0.3, 0.4) is 0 Å². The number of ether oxygens (including phenoxy) is 1. The predicted molar refractivity (Wildman–Crippen MR) is 102 cm³/mol. The zero-order valence-electron chi connectivity index (χ0n) is 15.4. The molecule has 0 heterocycles. The average Bonchev–Trinajstić information content (AvgIpc) is 2.64. The second kappa shape index (κ2) is 10.2. The second-order valence-electron chi connectivity index (χ2n) is 6.30. The molecular weight excluding hydrogens is 328 g/mol. The highest BCUT2D eigenvalue weighted by atomic mass is 16.5. The molecule has 0 saturated heterocycles. The summed E-state index contributed by atoms with van der Waals surface area (Å²) in [7, 11) is 0. The molecule has 26 heavy (non-hydrogen) atoms. The molecule has 0 aliphatic rings. The molecule has 2 aromatic carbocycles. The van der Waals surface area contributed by atoms with Crippen molar-refractivity contribution < 1.29 is 14.3 Å². The van der Waals surface area contributed by atoms with Gasteiger partial charge in [-0.1, -0.05) is 49.7 Å². The number of amides is 2. The minimum absolute atomic E-state index is 0.157. The van der Waals surface area contributed by atoms with E-state index in [0.717, 1.165) is 30.4 Å². The lowest BCUT2D eigenvalue weighted by atomic mass is 10.0. The molecule has 0 spiro atoms. The number of nitrogens with one attached hydrogen (secondary N) is 2. The summed E-state index contributed by atoms with van der Waals surface area (Å²) in [5.41, 5.74) is 8.01. The second-order valence-corrected chi connectivity index (χ2v) is 6.30. The fourth-order valence-corrected chi connectivity index (χ4v) is 2.46. The number of aryl methyl sites for hydroxylation is 2. The van der Waals surface area contributed by atoms with Crippen LogP contribution in [0.4, 0.5) is 0 Å². The Balaban J connectivity index is 1.69. The van der Waals surface area contributed by atoms with Crippen LogP contribution >= 0.6 is 0 Å². The van der Waals surface area contributed by atoms with Crippen molar-refractivity contribution in [2.24, 2.45) is 0 Å². The van der Waals surface area contributed by atoms with Crippen molar-refractivity contribution >= 4 is 11.8 Å². The Hall–Kier alpha value is -2.82. The van der Waals surface area contributed by atoms with E-state index in [1.165, 1.54) is 5.56 Å². The highest BCUT2D eigenvalue weighted by molar-refractivity contribution is 5.83. The van der Waals surface area contributed by atoms with Crippen molar-refractivity contribution in [1.29, 1.82) is 0 Å². The Kier molecular flexibility index (Phi) is 7.68. The Labute approximate surface area is 154 Å². The number of hydrogen-bond donors (Lipinski definition) is 2. The van der Waals surface area contributed by atoms with Crippen LogP contribution in [-0.4, -0.2) is 18.4 Å². The van der Waals surface area contributed by atoms with Crippen molar-refractivity contribution in [3.8, 4) is 5.75 Å². The number of benzene rings is 2. The molecule has 2 amide bonds. The minimum atomic E-state index is -0.408. The van der Waals surface area contributed by atoms with Gasteiger partial charge in [0.1, 0.15) is 5.75 Å². The van der Waals surface area contributed by atoms with E-state index >= 15 is 0 Å². The van der Waals surface area contributed by atoms with Gasteiger partial charge in [-0.15, -0.1) is 0 Å². The van der Waals surface area contributed by atoms with E-state index in [-0.39, 0.29) is 18.9 Å².